The van der Waals surface area contributed by atoms with Crippen LogP contribution in [0.1, 0.15) is 17.8 Å². The first kappa shape index (κ1) is 7.74. The van der Waals surface area contributed by atoms with Gasteiger partial charge in [-0.05, 0) is 6.92 Å². The van der Waals surface area contributed by atoms with Gasteiger partial charge in [0.2, 0.25) is 0 Å². The highest BCUT2D eigenvalue weighted by atomic mass is 14.8. The molecule has 0 radical (unpaired) electrons. The lowest BCUT2D eigenvalue weighted by molar-refractivity contribution is 0.928. The van der Waals surface area contributed by atoms with Gasteiger partial charge in [-0.15, -0.1) is 12.3 Å². The molecule has 11 heavy (non-hydrogen) atoms. The van der Waals surface area contributed by atoms with E-state index in [1.165, 1.54) is 0 Å². The lowest BCUT2D eigenvalue weighted by atomic mass is 10.2. The van der Waals surface area contributed by atoms with Crippen LogP contribution in [0.4, 0.5) is 0 Å². The third-order valence-corrected chi connectivity index (χ3v) is 1.36. The molecular formula is C9H10N2. The van der Waals surface area contributed by atoms with E-state index in [1.807, 2.05) is 6.92 Å². The first-order valence-electron chi connectivity index (χ1n) is 3.54. The molecule has 0 spiro atoms. The van der Waals surface area contributed by atoms with Crippen molar-refractivity contribution in [3.8, 4) is 12.3 Å². The Labute approximate surface area is 66.7 Å². The quantitative estimate of drug-likeness (QED) is 0.588. The predicted molar refractivity (Wildman–Crippen MR) is 43.9 cm³/mol. The number of aryl methyl sites for hydroxylation is 2. The maximum Gasteiger partial charge on any atom is 0.0596 e. The molecule has 2 heteroatoms. The Balaban J connectivity index is 2.60. The molecule has 2 nitrogen and oxygen atoms in total. The van der Waals surface area contributed by atoms with Crippen molar-refractivity contribution in [3.05, 3.63) is 23.8 Å². The van der Waals surface area contributed by atoms with Crippen LogP contribution in [0.5, 0.6) is 0 Å². The molecule has 0 aliphatic heterocycles. The molecule has 1 heterocycles. The second kappa shape index (κ2) is 3.72. The van der Waals surface area contributed by atoms with Gasteiger partial charge < -0.3 is 0 Å². The van der Waals surface area contributed by atoms with Gasteiger partial charge in [-0.25, -0.2) is 0 Å². The maximum absolute atomic E-state index is 5.11. The van der Waals surface area contributed by atoms with Crippen LogP contribution >= 0.6 is 0 Å². The van der Waals surface area contributed by atoms with Gasteiger partial charge >= 0.3 is 0 Å². The monoisotopic (exact) mass is 146 g/mol. The van der Waals surface area contributed by atoms with E-state index in [-0.39, 0.29) is 0 Å². The van der Waals surface area contributed by atoms with Crippen LogP contribution in [0, 0.1) is 19.3 Å². The molecule has 56 valence electrons. The van der Waals surface area contributed by atoms with E-state index in [0.29, 0.717) is 0 Å². The molecule has 0 saturated carbocycles. The smallest absolute Gasteiger partial charge is 0.0596 e. The zero-order valence-corrected chi connectivity index (χ0v) is 6.54. The van der Waals surface area contributed by atoms with Gasteiger partial charge in [0.05, 0.1) is 11.4 Å². The molecule has 0 saturated heterocycles. The summed E-state index contributed by atoms with van der Waals surface area (Å²) in [6.07, 6.45) is 10.2. The highest BCUT2D eigenvalue weighted by Gasteiger charge is 1.91. The van der Waals surface area contributed by atoms with Gasteiger partial charge in [-0.2, -0.15) is 0 Å². The molecule has 0 atom stereocenters. The molecule has 0 aliphatic carbocycles. The van der Waals surface area contributed by atoms with Gasteiger partial charge in [0, 0.05) is 25.2 Å². The Kier molecular flexibility index (Phi) is 2.62. The fourth-order valence-electron chi connectivity index (χ4n) is 0.749. The Morgan fingerprint density at radius 1 is 1.45 bits per heavy atom. The molecule has 0 amide bonds. The first-order chi connectivity index (χ1) is 5.33. The van der Waals surface area contributed by atoms with E-state index in [2.05, 4.69) is 15.9 Å². The highest BCUT2D eigenvalue weighted by molar-refractivity contribution is 5.02. The van der Waals surface area contributed by atoms with Crippen LogP contribution in [0.25, 0.3) is 0 Å². The minimum absolute atomic E-state index is 0.734. The number of aromatic nitrogens is 2. The summed E-state index contributed by atoms with van der Waals surface area (Å²) >= 11 is 0. The largest absolute Gasteiger partial charge is 0.258 e. The Morgan fingerprint density at radius 2 is 2.27 bits per heavy atom. The highest BCUT2D eigenvalue weighted by Crippen LogP contribution is 1.96. The molecule has 1 rings (SSSR count). The van der Waals surface area contributed by atoms with Crippen LogP contribution < -0.4 is 0 Å². The molecule has 1 aromatic rings. The van der Waals surface area contributed by atoms with Crippen molar-refractivity contribution < 1.29 is 0 Å². The first-order valence-corrected chi connectivity index (χ1v) is 3.54. The van der Waals surface area contributed by atoms with Gasteiger partial charge in [0.15, 0.2) is 0 Å². The van der Waals surface area contributed by atoms with Crippen LogP contribution in [0.3, 0.4) is 0 Å². The Bertz CT molecular complexity index is 256. The minimum Gasteiger partial charge on any atom is -0.258 e. The average molecular weight is 146 g/mol. The summed E-state index contributed by atoms with van der Waals surface area (Å²) in [5, 5.41) is 0. The van der Waals surface area contributed by atoms with Crippen molar-refractivity contribution in [1.82, 2.24) is 9.97 Å². The zero-order valence-electron chi connectivity index (χ0n) is 6.54. The van der Waals surface area contributed by atoms with Crippen molar-refractivity contribution >= 4 is 0 Å². The standard InChI is InChI=1S/C9H10N2/c1-3-4-5-9-7-10-8(2)6-11-9/h1,6-7H,4-5H2,2H3. The van der Waals surface area contributed by atoms with Crippen molar-refractivity contribution in [2.45, 2.75) is 19.8 Å². The molecule has 1 aromatic heterocycles. The summed E-state index contributed by atoms with van der Waals surface area (Å²) in [5.41, 5.74) is 1.91. The van der Waals surface area contributed by atoms with Gasteiger partial charge in [-0.3, -0.25) is 9.97 Å². The fourth-order valence-corrected chi connectivity index (χ4v) is 0.749. The van der Waals surface area contributed by atoms with Crippen molar-refractivity contribution in [2.24, 2.45) is 0 Å². The topological polar surface area (TPSA) is 25.8 Å². The number of hydrogen-bond donors (Lipinski definition) is 0. The third-order valence-electron chi connectivity index (χ3n) is 1.36. The van der Waals surface area contributed by atoms with Gasteiger partial charge in [0.25, 0.3) is 0 Å². The van der Waals surface area contributed by atoms with Crippen molar-refractivity contribution in [2.75, 3.05) is 0 Å². The van der Waals surface area contributed by atoms with E-state index in [1.54, 1.807) is 12.4 Å². The van der Waals surface area contributed by atoms with E-state index < -0.39 is 0 Å². The number of terminal acetylenes is 1. The number of hydrogen-bond acceptors (Lipinski definition) is 2. The van der Waals surface area contributed by atoms with Gasteiger partial charge in [-0.1, -0.05) is 0 Å². The number of nitrogens with zero attached hydrogens (tertiary/aromatic N) is 2. The van der Waals surface area contributed by atoms with Crippen LogP contribution in [-0.2, 0) is 6.42 Å². The maximum atomic E-state index is 5.11. The molecule has 0 aliphatic rings. The molecule has 0 bridgehead atoms. The second-order valence-corrected chi connectivity index (χ2v) is 2.35. The normalized spacial score (nSPS) is 9.09. The molecule has 0 fully saturated rings. The van der Waals surface area contributed by atoms with Crippen LogP contribution in [0.15, 0.2) is 12.4 Å². The van der Waals surface area contributed by atoms with E-state index in [0.717, 1.165) is 24.2 Å². The van der Waals surface area contributed by atoms with Gasteiger partial charge in [0.1, 0.15) is 0 Å². The SMILES string of the molecule is C#CCCc1cnc(C)cn1. The zero-order chi connectivity index (χ0) is 8.10. The second-order valence-electron chi connectivity index (χ2n) is 2.35. The summed E-state index contributed by atoms with van der Waals surface area (Å²) in [5.74, 6) is 2.56. The fraction of sp³-hybridized carbons (Fsp3) is 0.333. The summed E-state index contributed by atoms with van der Waals surface area (Å²) in [6.45, 7) is 1.91. The minimum atomic E-state index is 0.734. The molecular weight excluding hydrogens is 136 g/mol. The molecule has 0 N–H and O–H groups in total. The van der Waals surface area contributed by atoms with Crippen LogP contribution in [0.2, 0.25) is 0 Å². The van der Waals surface area contributed by atoms with Crippen molar-refractivity contribution in [1.29, 1.82) is 0 Å². The summed E-state index contributed by atoms with van der Waals surface area (Å²) in [4.78, 5) is 8.26. The summed E-state index contributed by atoms with van der Waals surface area (Å²) in [6, 6.07) is 0. The summed E-state index contributed by atoms with van der Waals surface area (Å²) in [7, 11) is 0. The van der Waals surface area contributed by atoms with Crippen molar-refractivity contribution in [3.63, 3.8) is 0 Å². The molecule has 0 unspecified atom stereocenters. The summed E-state index contributed by atoms with van der Waals surface area (Å²) < 4.78 is 0. The predicted octanol–water partition coefficient (Wildman–Crippen LogP) is 1.35. The lowest BCUT2D eigenvalue weighted by Crippen LogP contribution is -1.91. The number of rotatable bonds is 2. The average Bonchev–Trinajstić information content (AvgIpc) is 2.04. The van der Waals surface area contributed by atoms with E-state index in [9.17, 15) is 0 Å². The van der Waals surface area contributed by atoms with E-state index in [4.69, 9.17) is 6.42 Å². The Hall–Kier alpha value is -1.36. The Morgan fingerprint density at radius 3 is 2.82 bits per heavy atom. The third kappa shape index (κ3) is 2.38. The van der Waals surface area contributed by atoms with Crippen LogP contribution in [-0.4, -0.2) is 9.97 Å². The lowest BCUT2D eigenvalue weighted by Gasteiger charge is -1.95. The van der Waals surface area contributed by atoms with E-state index >= 15 is 0 Å². The molecule has 0 aromatic carbocycles.